The molecule has 10 heteroatoms. The largest absolute Gasteiger partial charge is 0.484 e. The normalized spacial score (nSPS) is 17.4. The van der Waals surface area contributed by atoms with Crippen LogP contribution in [0.2, 0.25) is 0 Å². The van der Waals surface area contributed by atoms with Crippen molar-refractivity contribution in [1.82, 2.24) is 4.98 Å². The lowest BCUT2D eigenvalue weighted by molar-refractivity contribution is -0.153. The first-order valence-corrected chi connectivity index (χ1v) is 9.30. The van der Waals surface area contributed by atoms with E-state index in [1.165, 1.54) is 23.5 Å². The molecule has 1 unspecified atom stereocenters. The number of alkyl halides is 3. The van der Waals surface area contributed by atoms with Gasteiger partial charge in [-0.15, -0.1) is 0 Å². The Morgan fingerprint density at radius 3 is 3.00 bits per heavy atom. The second-order valence-electron chi connectivity index (χ2n) is 6.06. The fourth-order valence-electron chi connectivity index (χ4n) is 2.55. The number of halogens is 3. The zero-order valence-corrected chi connectivity index (χ0v) is 15.2. The average Bonchev–Trinajstić information content (AvgIpc) is 3.25. The Morgan fingerprint density at radius 1 is 1.41 bits per heavy atom. The number of ether oxygens (including phenoxy) is 3. The molecule has 1 N–H and O–H groups in total. The van der Waals surface area contributed by atoms with Gasteiger partial charge in [0.25, 0.3) is 0 Å². The molecule has 1 aliphatic heterocycles. The molecular weight excluding hydrogens is 385 g/mol. The standard InChI is InChI=1S/C17H19F3N2O4S/c18-17(19,20)10-26-11-3-4-13-14(8-11)27-16(21-13)22-15(23)5-7-24-9-12-2-1-6-25-12/h3-4,8,12H,1-2,5-7,9-10H2,(H,21,22,23). The molecule has 1 saturated heterocycles. The van der Waals surface area contributed by atoms with Crippen LogP contribution in [0.25, 0.3) is 10.2 Å². The number of thiazole rings is 1. The third kappa shape index (κ3) is 6.33. The summed E-state index contributed by atoms with van der Waals surface area (Å²) in [4.78, 5) is 16.2. The highest BCUT2D eigenvalue weighted by atomic mass is 32.1. The number of carbonyl (C=O) groups excluding carboxylic acids is 1. The molecule has 148 valence electrons. The van der Waals surface area contributed by atoms with Crippen molar-refractivity contribution in [3.8, 4) is 5.75 Å². The minimum atomic E-state index is -4.40. The third-order valence-electron chi connectivity index (χ3n) is 3.81. The molecule has 6 nitrogen and oxygen atoms in total. The van der Waals surface area contributed by atoms with Gasteiger partial charge in [-0.05, 0) is 31.0 Å². The molecule has 2 aromatic rings. The number of hydrogen-bond acceptors (Lipinski definition) is 6. The van der Waals surface area contributed by atoms with E-state index in [0.717, 1.165) is 19.4 Å². The van der Waals surface area contributed by atoms with Crippen molar-refractivity contribution in [2.75, 3.05) is 31.7 Å². The summed E-state index contributed by atoms with van der Waals surface area (Å²) in [5.74, 6) is -0.140. The smallest absolute Gasteiger partial charge is 0.422 e. The molecule has 1 aromatic carbocycles. The maximum Gasteiger partial charge on any atom is 0.422 e. The summed E-state index contributed by atoms with van der Waals surface area (Å²) < 4.78 is 52.9. The lowest BCUT2D eigenvalue weighted by Gasteiger charge is -2.09. The highest BCUT2D eigenvalue weighted by Gasteiger charge is 2.28. The first-order chi connectivity index (χ1) is 12.9. The summed E-state index contributed by atoms with van der Waals surface area (Å²) >= 11 is 1.17. The van der Waals surface area contributed by atoms with E-state index in [9.17, 15) is 18.0 Å². The van der Waals surface area contributed by atoms with Crippen molar-refractivity contribution >= 4 is 32.6 Å². The van der Waals surface area contributed by atoms with Crippen molar-refractivity contribution in [3.63, 3.8) is 0 Å². The lowest BCUT2D eigenvalue weighted by atomic mass is 10.2. The van der Waals surface area contributed by atoms with Gasteiger partial charge in [0.2, 0.25) is 5.91 Å². The van der Waals surface area contributed by atoms with E-state index in [1.54, 1.807) is 6.07 Å². The molecule has 0 aliphatic carbocycles. The molecule has 0 saturated carbocycles. The van der Waals surface area contributed by atoms with E-state index in [2.05, 4.69) is 10.3 Å². The topological polar surface area (TPSA) is 69.7 Å². The maximum atomic E-state index is 12.2. The van der Waals surface area contributed by atoms with E-state index in [1.807, 2.05) is 0 Å². The zero-order valence-electron chi connectivity index (χ0n) is 14.4. The van der Waals surface area contributed by atoms with Gasteiger partial charge in [0.1, 0.15) is 5.75 Å². The second-order valence-corrected chi connectivity index (χ2v) is 7.09. The number of benzene rings is 1. The number of carbonyl (C=O) groups is 1. The number of nitrogens with zero attached hydrogens (tertiary/aromatic N) is 1. The number of fused-ring (bicyclic) bond motifs is 1. The van der Waals surface area contributed by atoms with Crippen LogP contribution < -0.4 is 10.1 Å². The van der Waals surface area contributed by atoms with E-state index < -0.39 is 12.8 Å². The number of hydrogen-bond donors (Lipinski definition) is 1. The van der Waals surface area contributed by atoms with Crippen LogP contribution in [0.4, 0.5) is 18.3 Å². The van der Waals surface area contributed by atoms with E-state index in [4.69, 9.17) is 14.2 Å². The third-order valence-corrected chi connectivity index (χ3v) is 4.74. The first kappa shape index (κ1) is 19.8. The highest BCUT2D eigenvalue weighted by Crippen LogP contribution is 2.30. The van der Waals surface area contributed by atoms with E-state index >= 15 is 0 Å². The number of anilines is 1. The molecule has 1 aliphatic rings. The number of rotatable bonds is 8. The summed E-state index contributed by atoms with van der Waals surface area (Å²) in [5, 5.41) is 3.05. The van der Waals surface area contributed by atoms with Crippen molar-refractivity contribution in [2.24, 2.45) is 0 Å². The van der Waals surface area contributed by atoms with Gasteiger partial charge >= 0.3 is 6.18 Å². The molecular formula is C17H19F3N2O4S. The predicted molar refractivity (Wildman–Crippen MR) is 94.2 cm³/mol. The predicted octanol–water partition coefficient (Wildman–Crippen LogP) is 3.76. The molecule has 0 radical (unpaired) electrons. The summed E-state index contributed by atoms with van der Waals surface area (Å²) in [5.41, 5.74) is 0.573. The van der Waals surface area contributed by atoms with Crippen molar-refractivity contribution in [3.05, 3.63) is 18.2 Å². The van der Waals surface area contributed by atoms with Crippen LogP contribution in [-0.4, -0.2) is 49.6 Å². The van der Waals surface area contributed by atoms with Crippen LogP contribution in [0.5, 0.6) is 5.75 Å². The lowest BCUT2D eigenvalue weighted by Crippen LogP contribution is -2.19. The quantitative estimate of drug-likeness (QED) is 0.679. The number of nitrogens with one attached hydrogen (secondary N) is 1. The molecule has 0 bridgehead atoms. The Labute approximate surface area is 157 Å². The molecule has 1 atom stereocenters. The van der Waals surface area contributed by atoms with E-state index in [0.29, 0.717) is 22.0 Å². The van der Waals surface area contributed by atoms with Crippen LogP contribution in [0.1, 0.15) is 19.3 Å². The molecule has 1 aromatic heterocycles. The summed E-state index contributed by atoms with van der Waals surface area (Å²) in [6.07, 6.45) is -2.08. The average molecular weight is 404 g/mol. The Balaban J connectivity index is 1.47. The van der Waals surface area contributed by atoms with Gasteiger partial charge in [-0.25, -0.2) is 4.98 Å². The Hall–Kier alpha value is -1.91. The Bertz CT molecular complexity index is 775. The van der Waals surface area contributed by atoms with Gasteiger partial charge in [-0.2, -0.15) is 13.2 Å². The van der Waals surface area contributed by atoms with Gasteiger partial charge in [0, 0.05) is 6.61 Å². The maximum absolute atomic E-state index is 12.2. The second kappa shape index (κ2) is 8.85. The summed E-state index contributed by atoms with van der Waals surface area (Å²) in [6, 6.07) is 4.44. The molecule has 2 heterocycles. The van der Waals surface area contributed by atoms with Crippen LogP contribution in [0.15, 0.2) is 18.2 Å². The van der Waals surface area contributed by atoms with Gasteiger partial charge in [0.05, 0.1) is 36.0 Å². The SMILES string of the molecule is O=C(CCOCC1CCCO1)Nc1nc2ccc(OCC(F)(F)F)cc2s1. The van der Waals surface area contributed by atoms with Crippen molar-refractivity contribution in [1.29, 1.82) is 0 Å². The molecule has 27 heavy (non-hydrogen) atoms. The van der Waals surface area contributed by atoms with Crippen LogP contribution >= 0.6 is 11.3 Å². The zero-order chi connectivity index (χ0) is 19.3. The van der Waals surface area contributed by atoms with Gasteiger partial charge in [-0.3, -0.25) is 4.79 Å². The minimum Gasteiger partial charge on any atom is -0.484 e. The molecule has 0 spiro atoms. The Morgan fingerprint density at radius 2 is 2.26 bits per heavy atom. The van der Waals surface area contributed by atoms with Gasteiger partial charge in [0.15, 0.2) is 11.7 Å². The fourth-order valence-corrected chi connectivity index (χ4v) is 3.46. The van der Waals surface area contributed by atoms with Crippen molar-refractivity contribution in [2.45, 2.75) is 31.5 Å². The fraction of sp³-hybridized carbons (Fsp3) is 0.529. The van der Waals surface area contributed by atoms with Crippen LogP contribution in [-0.2, 0) is 14.3 Å². The minimum absolute atomic E-state index is 0.101. The summed E-state index contributed by atoms with van der Waals surface area (Å²) in [6.45, 7) is 0.170. The first-order valence-electron chi connectivity index (χ1n) is 8.48. The van der Waals surface area contributed by atoms with Crippen LogP contribution in [0.3, 0.4) is 0 Å². The highest BCUT2D eigenvalue weighted by molar-refractivity contribution is 7.22. The molecule has 1 fully saturated rings. The Kier molecular flexibility index (Phi) is 6.51. The van der Waals surface area contributed by atoms with Gasteiger partial charge < -0.3 is 19.5 Å². The van der Waals surface area contributed by atoms with Crippen LogP contribution in [0, 0.1) is 0 Å². The molecule has 3 rings (SSSR count). The number of amides is 1. The van der Waals surface area contributed by atoms with Crippen molar-refractivity contribution < 1.29 is 32.2 Å². The summed E-state index contributed by atoms with van der Waals surface area (Å²) in [7, 11) is 0. The number of aromatic nitrogens is 1. The monoisotopic (exact) mass is 404 g/mol. The van der Waals surface area contributed by atoms with Gasteiger partial charge in [-0.1, -0.05) is 11.3 Å². The van der Waals surface area contributed by atoms with E-state index in [-0.39, 0.29) is 30.8 Å². The molecule has 1 amide bonds.